The lowest BCUT2D eigenvalue weighted by molar-refractivity contribution is -0.127. The van der Waals surface area contributed by atoms with Crippen LogP contribution in [0.1, 0.15) is 60.0 Å². The summed E-state index contributed by atoms with van der Waals surface area (Å²) in [6, 6.07) is 1.26. The molecule has 4 aliphatic carbocycles. The molecule has 5 aliphatic rings. The standard InChI is InChI=1S/C33H44N4O6/c1-35(2)22-13-19(15-37-10-9-16-7-5-6-8-17(16)14-37)28(38)24-20(22)11-18-12-21-25(30(40)23(18)29(24)39)31(41)26(33(34)43)32(42)27(21)36(3)4/h13,16-18,21,25,27,38,40,42H,5-12,14-15H2,1-4H3,(H2,34,43)/t16?,17?,18?,21?,25?,27-/m0/s1. The van der Waals surface area contributed by atoms with Gasteiger partial charge in [0.15, 0.2) is 11.6 Å². The molecule has 1 aromatic rings. The molecule has 5 unspecified atom stereocenters. The Morgan fingerprint density at radius 1 is 1.02 bits per heavy atom. The van der Waals surface area contributed by atoms with E-state index in [9.17, 15) is 29.7 Å². The van der Waals surface area contributed by atoms with E-state index >= 15 is 0 Å². The van der Waals surface area contributed by atoms with Crippen LogP contribution in [0.15, 0.2) is 28.7 Å². The first-order valence-electron chi connectivity index (χ1n) is 15.6. The number of phenols is 1. The van der Waals surface area contributed by atoms with Crippen molar-refractivity contribution >= 4 is 23.2 Å². The van der Waals surface area contributed by atoms with E-state index in [0.717, 1.165) is 36.7 Å². The number of nitrogens with two attached hydrogens (primary N) is 1. The van der Waals surface area contributed by atoms with Crippen molar-refractivity contribution in [3.05, 3.63) is 45.4 Å². The van der Waals surface area contributed by atoms with Crippen molar-refractivity contribution in [1.82, 2.24) is 9.80 Å². The summed E-state index contributed by atoms with van der Waals surface area (Å²) in [6.07, 6.45) is 7.01. The van der Waals surface area contributed by atoms with Crippen molar-refractivity contribution in [2.45, 2.75) is 57.5 Å². The molecule has 2 fully saturated rings. The number of likely N-dealkylation sites (tertiary alicyclic amines) is 1. The van der Waals surface area contributed by atoms with E-state index in [1.54, 1.807) is 19.0 Å². The Bertz CT molecular complexity index is 1440. The highest BCUT2D eigenvalue weighted by Gasteiger charge is 2.54. The Morgan fingerprint density at radius 3 is 2.37 bits per heavy atom. The number of phenolic OH excluding ortho intramolecular Hbond substituents is 1. The minimum atomic E-state index is -1.18. The van der Waals surface area contributed by atoms with Crippen LogP contribution in [-0.2, 0) is 22.6 Å². The normalized spacial score (nSPS) is 31.0. The fourth-order valence-corrected chi connectivity index (χ4v) is 8.95. The van der Waals surface area contributed by atoms with E-state index in [0.29, 0.717) is 30.9 Å². The summed E-state index contributed by atoms with van der Waals surface area (Å²) >= 11 is 0. The molecule has 43 heavy (non-hydrogen) atoms. The zero-order chi connectivity index (χ0) is 30.9. The Labute approximate surface area is 252 Å². The summed E-state index contributed by atoms with van der Waals surface area (Å²) in [5.41, 5.74) is 7.52. The molecule has 0 aromatic heterocycles. The number of primary amides is 1. The van der Waals surface area contributed by atoms with Crippen molar-refractivity contribution in [1.29, 1.82) is 0 Å². The number of carbonyl (C=O) groups is 3. The van der Waals surface area contributed by atoms with Gasteiger partial charge in [-0.2, -0.15) is 0 Å². The molecule has 1 saturated heterocycles. The number of carbonyl (C=O) groups excluding carboxylic acids is 3. The quantitative estimate of drug-likeness (QED) is 0.379. The number of fused-ring (bicyclic) bond motifs is 4. The molecule has 1 saturated carbocycles. The molecule has 1 aliphatic heterocycles. The maximum Gasteiger partial charge on any atom is 0.255 e. The van der Waals surface area contributed by atoms with Crippen LogP contribution < -0.4 is 10.6 Å². The number of allylic oxidation sites excluding steroid dienone is 2. The molecule has 1 aromatic carbocycles. The molecule has 5 N–H and O–H groups in total. The number of amides is 1. The summed E-state index contributed by atoms with van der Waals surface area (Å²) in [7, 11) is 7.29. The lowest BCUT2D eigenvalue weighted by Gasteiger charge is -2.46. The smallest absolute Gasteiger partial charge is 0.255 e. The molecule has 6 rings (SSSR count). The Kier molecular flexibility index (Phi) is 7.57. The van der Waals surface area contributed by atoms with E-state index in [2.05, 4.69) is 4.90 Å². The lowest BCUT2D eigenvalue weighted by Crippen LogP contribution is -2.53. The Balaban J connectivity index is 1.40. The van der Waals surface area contributed by atoms with Gasteiger partial charge < -0.3 is 26.0 Å². The van der Waals surface area contributed by atoms with Crippen molar-refractivity contribution in [3.63, 3.8) is 0 Å². The van der Waals surface area contributed by atoms with Gasteiger partial charge in [0.2, 0.25) is 0 Å². The van der Waals surface area contributed by atoms with Crippen molar-refractivity contribution in [2.24, 2.45) is 35.3 Å². The van der Waals surface area contributed by atoms with Crippen LogP contribution in [0.2, 0.25) is 0 Å². The summed E-state index contributed by atoms with van der Waals surface area (Å²) < 4.78 is 0. The number of ketones is 2. The molecule has 6 atom stereocenters. The number of piperidine rings is 1. The zero-order valence-corrected chi connectivity index (χ0v) is 25.6. The summed E-state index contributed by atoms with van der Waals surface area (Å²) in [4.78, 5) is 46.1. The van der Waals surface area contributed by atoms with Crippen LogP contribution in [0, 0.1) is 29.6 Å². The molecular formula is C33H44N4O6. The number of likely N-dealkylation sites (N-methyl/N-ethyl adjacent to an activating group) is 1. The van der Waals surface area contributed by atoms with Gasteiger partial charge >= 0.3 is 0 Å². The Morgan fingerprint density at radius 2 is 1.72 bits per heavy atom. The van der Waals surface area contributed by atoms with E-state index in [1.807, 2.05) is 25.1 Å². The maximum absolute atomic E-state index is 14.3. The molecule has 0 spiro atoms. The third-order valence-electron chi connectivity index (χ3n) is 10.9. The first-order chi connectivity index (χ1) is 20.4. The van der Waals surface area contributed by atoms with Gasteiger partial charge in [-0.3, -0.25) is 24.2 Å². The number of aliphatic hydroxyl groups is 2. The van der Waals surface area contributed by atoms with Gasteiger partial charge in [-0.25, -0.2) is 0 Å². The molecule has 1 heterocycles. The molecule has 10 nitrogen and oxygen atoms in total. The van der Waals surface area contributed by atoms with Crippen molar-refractivity contribution < 1.29 is 29.7 Å². The SMILES string of the molecule is CN(C)c1cc(CN2CCC3CCCCC3C2)c(O)c2c1CC1CC3C(C(=O)C(C(N)=O)=C(O)[C@H]3N(C)C)C(O)=C1C2=O. The number of hydrogen-bond acceptors (Lipinski definition) is 9. The number of Topliss-reactive ketones (excluding diaryl/α,β-unsaturated/α-hetero) is 2. The van der Waals surface area contributed by atoms with Crippen LogP contribution >= 0.6 is 0 Å². The second-order valence-electron chi connectivity index (χ2n) is 13.8. The summed E-state index contributed by atoms with van der Waals surface area (Å²) in [5.74, 6) is -3.86. The maximum atomic E-state index is 14.3. The third-order valence-corrected chi connectivity index (χ3v) is 10.9. The predicted octanol–water partition coefficient (Wildman–Crippen LogP) is 3.08. The first-order valence-corrected chi connectivity index (χ1v) is 15.6. The largest absolute Gasteiger partial charge is 0.511 e. The molecule has 10 heteroatoms. The van der Waals surface area contributed by atoms with Gasteiger partial charge in [-0.05, 0) is 81.6 Å². The number of anilines is 1. The second kappa shape index (κ2) is 11.0. The number of hydrogen-bond donors (Lipinski definition) is 4. The monoisotopic (exact) mass is 592 g/mol. The minimum absolute atomic E-state index is 0.0613. The fourth-order valence-electron chi connectivity index (χ4n) is 8.95. The summed E-state index contributed by atoms with van der Waals surface area (Å²) in [6.45, 7) is 2.48. The third kappa shape index (κ3) is 4.73. The van der Waals surface area contributed by atoms with Gasteiger partial charge in [0.05, 0.1) is 17.5 Å². The van der Waals surface area contributed by atoms with Crippen LogP contribution in [-0.4, -0.2) is 89.9 Å². The topological polar surface area (TPSA) is 148 Å². The van der Waals surface area contributed by atoms with E-state index in [4.69, 9.17) is 5.73 Å². The first kappa shape index (κ1) is 29.7. The highest BCUT2D eigenvalue weighted by molar-refractivity contribution is 6.22. The number of benzene rings is 1. The van der Waals surface area contributed by atoms with E-state index in [-0.39, 0.29) is 22.6 Å². The van der Waals surface area contributed by atoms with Crippen molar-refractivity contribution in [3.8, 4) is 5.75 Å². The van der Waals surface area contributed by atoms with Gasteiger partial charge in [0, 0.05) is 44.0 Å². The summed E-state index contributed by atoms with van der Waals surface area (Å²) in [5, 5.41) is 34.2. The fraction of sp³-hybridized carbons (Fsp3) is 0.606. The average molecular weight is 593 g/mol. The molecule has 0 radical (unpaired) electrons. The Hall–Kier alpha value is -3.37. The predicted molar refractivity (Wildman–Crippen MR) is 162 cm³/mol. The van der Waals surface area contributed by atoms with Crippen LogP contribution in [0.5, 0.6) is 5.75 Å². The molecular weight excluding hydrogens is 548 g/mol. The van der Waals surface area contributed by atoms with Gasteiger partial charge in [0.1, 0.15) is 22.8 Å². The van der Waals surface area contributed by atoms with E-state index < -0.39 is 52.6 Å². The average Bonchev–Trinajstić information content (AvgIpc) is 2.93. The molecule has 232 valence electrons. The van der Waals surface area contributed by atoms with Crippen molar-refractivity contribution in [2.75, 3.05) is 46.2 Å². The number of aromatic hydroxyl groups is 1. The lowest BCUT2D eigenvalue weighted by atomic mass is 9.60. The molecule has 0 bridgehead atoms. The number of nitrogens with zero attached hydrogens (tertiary/aromatic N) is 3. The second-order valence-corrected chi connectivity index (χ2v) is 13.8. The highest BCUT2D eigenvalue weighted by Crippen LogP contribution is 2.52. The van der Waals surface area contributed by atoms with Crippen LogP contribution in [0.3, 0.4) is 0 Å². The van der Waals surface area contributed by atoms with Crippen LogP contribution in [0.4, 0.5) is 5.69 Å². The number of rotatable bonds is 5. The highest BCUT2D eigenvalue weighted by atomic mass is 16.3. The zero-order valence-electron chi connectivity index (χ0n) is 25.6. The van der Waals surface area contributed by atoms with Gasteiger partial charge in [-0.1, -0.05) is 19.3 Å². The van der Waals surface area contributed by atoms with Gasteiger partial charge in [0.25, 0.3) is 5.91 Å². The minimum Gasteiger partial charge on any atom is -0.511 e. The molecule has 1 amide bonds. The van der Waals surface area contributed by atoms with E-state index in [1.165, 1.54) is 25.7 Å². The van der Waals surface area contributed by atoms with Gasteiger partial charge in [-0.15, -0.1) is 0 Å². The number of aliphatic hydroxyl groups excluding tert-OH is 2. The van der Waals surface area contributed by atoms with Crippen LogP contribution in [0.25, 0.3) is 0 Å².